The van der Waals surface area contributed by atoms with E-state index in [0.29, 0.717) is 19.3 Å². The zero-order valence-corrected chi connectivity index (χ0v) is 42.8. The number of aliphatic hydroxyl groups is 1. The normalized spacial score (nSPS) is 14.0. The zero-order chi connectivity index (χ0) is 48.4. The zero-order valence-electron chi connectivity index (χ0n) is 41.9. The molecule has 0 aliphatic rings. The molecule has 3 atom stereocenters. The Balaban J connectivity index is 4.78. The molecule has 0 bridgehead atoms. The molecule has 3 unspecified atom stereocenters. The van der Waals surface area contributed by atoms with E-state index in [9.17, 15) is 28.9 Å². The summed E-state index contributed by atoms with van der Waals surface area (Å²) in [6, 6.07) is 0. The van der Waals surface area contributed by atoms with Gasteiger partial charge in [0.05, 0.1) is 19.8 Å². The summed E-state index contributed by atoms with van der Waals surface area (Å²) in [4.78, 5) is 48.2. The molecule has 0 amide bonds. The first-order chi connectivity index (χ1) is 32.2. The van der Waals surface area contributed by atoms with Crippen LogP contribution in [-0.2, 0) is 42.2 Å². The number of rotatable bonds is 48. The van der Waals surface area contributed by atoms with E-state index < -0.39 is 57.8 Å². The summed E-state index contributed by atoms with van der Waals surface area (Å²) < 4.78 is 39.3. The van der Waals surface area contributed by atoms with Crippen LogP contribution in [0.3, 0.4) is 0 Å². The SMILES string of the molecule is CC/C=C\C/C=C\C/C=C\C/C=C\C/C=C\CCCCCC(=O)OC(COC(=O)CCCCCCCCCCCCC)COP(=O)(O)OCC(CO)OC(=O)CCCCCCCCCCC. The maximum Gasteiger partial charge on any atom is 0.472 e. The van der Waals surface area contributed by atoms with Crippen molar-refractivity contribution in [2.75, 3.05) is 26.4 Å². The Morgan fingerprint density at radius 1 is 0.439 bits per heavy atom. The van der Waals surface area contributed by atoms with E-state index in [1.807, 2.05) is 0 Å². The van der Waals surface area contributed by atoms with Crippen LogP contribution in [-0.4, -0.2) is 66.5 Å². The van der Waals surface area contributed by atoms with Crippen molar-refractivity contribution >= 4 is 25.7 Å². The summed E-state index contributed by atoms with van der Waals surface area (Å²) in [6.07, 6.45) is 50.6. The average molecular weight is 951 g/mol. The van der Waals surface area contributed by atoms with Gasteiger partial charge in [-0.3, -0.25) is 23.4 Å². The summed E-state index contributed by atoms with van der Waals surface area (Å²) in [5.74, 6) is -1.50. The van der Waals surface area contributed by atoms with Crippen LogP contribution >= 0.6 is 7.82 Å². The molecule has 0 spiro atoms. The second kappa shape index (κ2) is 48.6. The molecule has 11 nitrogen and oxygen atoms in total. The van der Waals surface area contributed by atoms with Crippen LogP contribution in [0.2, 0.25) is 0 Å². The van der Waals surface area contributed by atoms with Crippen LogP contribution in [0.4, 0.5) is 0 Å². The van der Waals surface area contributed by atoms with E-state index in [1.54, 1.807) is 0 Å². The van der Waals surface area contributed by atoms with E-state index in [0.717, 1.165) is 89.9 Å². The van der Waals surface area contributed by atoms with Crippen LogP contribution in [0.1, 0.15) is 226 Å². The molecule has 0 saturated carbocycles. The van der Waals surface area contributed by atoms with Gasteiger partial charge >= 0.3 is 25.7 Å². The predicted molar refractivity (Wildman–Crippen MR) is 270 cm³/mol. The maximum atomic E-state index is 12.8. The number of carbonyl (C=O) groups is 3. The molecule has 0 aromatic rings. The highest BCUT2D eigenvalue weighted by molar-refractivity contribution is 7.47. The summed E-state index contributed by atoms with van der Waals surface area (Å²) in [7, 11) is -4.74. The minimum atomic E-state index is -4.74. The number of aliphatic hydroxyl groups excluding tert-OH is 1. The summed E-state index contributed by atoms with van der Waals surface area (Å²) in [5, 5.41) is 9.74. The summed E-state index contributed by atoms with van der Waals surface area (Å²) >= 11 is 0. The topological polar surface area (TPSA) is 155 Å². The molecule has 382 valence electrons. The third-order valence-electron chi connectivity index (χ3n) is 11.0. The number of phosphoric ester groups is 1. The van der Waals surface area contributed by atoms with Gasteiger partial charge in [-0.25, -0.2) is 4.57 Å². The minimum absolute atomic E-state index is 0.130. The minimum Gasteiger partial charge on any atom is -0.462 e. The highest BCUT2D eigenvalue weighted by atomic mass is 31.2. The van der Waals surface area contributed by atoms with Crippen molar-refractivity contribution in [2.45, 2.75) is 238 Å². The van der Waals surface area contributed by atoms with Crippen molar-refractivity contribution in [3.05, 3.63) is 60.8 Å². The lowest BCUT2D eigenvalue weighted by Gasteiger charge is -2.21. The van der Waals surface area contributed by atoms with Crippen LogP contribution in [0.25, 0.3) is 0 Å². The van der Waals surface area contributed by atoms with Gasteiger partial charge in [0.2, 0.25) is 0 Å². The molecule has 0 fully saturated rings. The second-order valence-corrected chi connectivity index (χ2v) is 18.8. The number of ether oxygens (including phenoxy) is 3. The largest absolute Gasteiger partial charge is 0.472 e. The molecule has 66 heavy (non-hydrogen) atoms. The first kappa shape index (κ1) is 63.2. The van der Waals surface area contributed by atoms with E-state index in [1.165, 1.54) is 77.0 Å². The highest BCUT2D eigenvalue weighted by Crippen LogP contribution is 2.43. The highest BCUT2D eigenvalue weighted by Gasteiger charge is 2.28. The van der Waals surface area contributed by atoms with Crippen LogP contribution in [0, 0.1) is 0 Å². The van der Waals surface area contributed by atoms with Crippen molar-refractivity contribution in [1.82, 2.24) is 0 Å². The number of esters is 3. The first-order valence-corrected chi connectivity index (χ1v) is 27.7. The van der Waals surface area contributed by atoms with E-state index in [-0.39, 0.29) is 25.9 Å². The van der Waals surface area contributed by atoms with Crippen molar-refractivity contribution < 1.29 is 52.2 Å². The van der Waals surface area contributed by atoms with Gasteiger partial charge < -0.3 is 24.2 Å². The number of hydrogen-bond acceptors (Lipinski definition) is 10. The average Bonchev–Trinajstić information content (AvgIpc) is 3.30. The maximum absolute atomic E-state index is 12.8. The van der Waals surface area contributed by atoms with Gasteiger partial charge in [-0.1, -0.05) is 204 Å². The molecule has 0 saturated heterocycles. The second-order valence-electron chi connectivity index (χ2n) is 17.3. The van der Waals surface area contributed by atoms with Crippen LogP contribution < -0.4 is 0 Å². The molecular formula is C54H95O11P. The van der Waals surface area contributed by atoms with Gasteiger partial charge in [0.15, 0.2) is 6.10 Å². The molecule has 0 aliphatic carbocycles. The van der Waals surface area contributed by atoms with Gasteiger partial charge in [0.1, 0.15) is 12.7 Å². The fourth-order valence-electron chi connectivity index (χ4n) is 6.97. The van der Waals surface area contributed by atoms with E-state index in [4.69, 9.17) is 23.3 Å². The third kappa shape index (κ3) is 46.3. The Bertz CT molecular complexity index is 1340. The fraction of sp³-hybridized carbons (Fsp3) is 0.759. The number of hydrogen-bond donors (Lipinski definition) is 2. The molecule has 0 rings (SSSR count). The first-order valence-electron chi connectivity index (χ1n) is 26.2. The molecule has 2 N–H and O–H groups in total. The lowest BCUT2D eigenvalue weighted by molar-refractivity contribution is -0.161. The van der Waals surface area contributed by atoms with Crippen LogP contribution in [0.5, 0.6) is 0 Å². The molecule has 0 aromatic heterocycles. The van der Waals surface area contributed by atoms with Gasteiger partial charge in [0, 0.05) is 19.3 Å². The number of allylic oxidation sites excluding steroid dienone is 10. The molecule has 0 aliphatic heterocycles. The van der Waals surface area contributed by atoms with E-state index in [2.05, 4.69) is 81.5 Å². The third-order valence-corrected chi connectivity index (χ3v) is 11.9. The molecule has 0 aromatic carbocycles. The quantitative estimate of drug-likeness (QED) is 0.0197. The molecule has 0 radical (unpaired) electrons. The molecule has 12 heteroatoms. The summed E-state index contributed by atoms with van der Waals surface area (Å²) in [5.41, 5.74) is 0. The number of unbranched alkanes of at least 4 members (excludes halogenated alkanes) is 21. The van der Waals surface area contributed by atoms with Crippen molar-refractivity contribution in [2.24, 2.45) is 0 Å². The monoisotopic (exact) mass is 951 g/mol. The predicted octanol–water partition coefficient (Wildman–Crippen LogP) is 14.8. The lowest BCUT2D eigenvalue weighted by Crippen LogP contribution is -2.30. The lowest BCUT2D eigenvalue weighted by atomic mass is 10.1. The summed E-state index contributed by atoms with van der Waals surface area (Å²) in [6.45, 7) is 4.45. The standard InChI is InChI=1S/C54H95O11P/c1-4-7-10-13-16-19-21-22-23-24-25-26-27-28-30-33-36-39-42-45-54(58)65-51(47-61-52(56)43-40-37-34-32-29-20-17-14-11-8-5-2)49-63-66(59,60)62-48-50(46-55)64-53(57)44-41-38-35-31-18-15-12-9-6-3/h7,10,16,19,22-23,25-26,28,30,50-51,55H,4-6,8-9,11-15,17-18,20-21,24,27,29,31-49H2,1-3H3,(H,59,60)/b10-7-,19-16-,23-22-,26-25-,30-28-. The van der Waals surface area contributed by atoms with Gasteiger partial charge in [-0.05, 0) is 64.2 Å². The van der Waals surface area contributed by atoms with Gasteiger partial charge in [-0.15, -0.1) is 0 Å². The number of carbonyl (C=O) groups excluding carboxylic acids is 3. The van der Waals surface area contributed by atoms with Gasteiger partial charge in [0.25, 0.3) is 0 Å². The molecule has 0 heterocycles. The molecular weight excluding hydrogens is 856 g/mol. The van der Waals surface area contributed by atoms with Gasteiger partial charge in [-0.2, -0.15) is 0 Å². The Morgan fingerprint density at radius 2 is 0.788 bits per heavy atom. The smallest absolute Gasteiger partial charge is 0.462 e. The van der Waals surface area contributed by atoms with Crippen molar-refractivity contribution in [3.63, 3.8) is 0 Å². The Morgan fingerprint density at radius 3 is 1.21 bits per heavy atom. The van der Waals surface area contributed by atoms with Crippen LogP contribution in [0.15, 0.2) is 60.8 Å². The van der Waals surface area contributed by atoms with E-state index >= 15 is 0 Å². The fourth-order valence-corrected chi connectivity index (χ4v) is 7.75. The van der Waals surface area contributed by atoms with Crippen molar-refractivity contribution in [3.8, 4) is 0 Å². The Kier molecular flexibility index (Phi) is 46.6. The Hall–Kier alpha value is -2.82. The van der Waals surface area contributed by atoms with Crippen molar-refractivity contribution in [1.29, 1.82) is 0 Å². The number of phosphoric acid groups is 1. The Labute approximate surface area is 402 Å².